The average molecular weight is 1040 g/mol. The molecular formula is C26H34Br2F22N4O4. The minimum absolute atomic E-state index is 0. The molecule has 2 amide bonds. The maximum absolute atomic E-state index is 14.3. The van der Waals surface area contributed by atoms with Crippen molar-refractivity contribution in [2.45, 2.75) is 86.2 Å². The molecule has 0 aromatic rings. The van der Waals surface area contributed by atoms with Crippen molar-refractivity contribution in [3.05, 3.63) is 0 Å². The number of quaternary nitrogens is 2. The second-order valence-electron chi connectivity index (χ2n) is 13.3. The molecule has 58 heavy (non-hydrogen) atoms. The van der Waals surface area contributed by atoms with Gasteiger partial charge in [0.15, 0.2) is 0 Å². The largest absolute Gasteiger partial charge is 1.00 e. The molecule has 0 bridgehead atoms. The Morgan fingerprint density at radius 1 is 0.414 bits per heavy atom. The molecule has 0 heterocycles. The van der Waals surface area contributed by atoms with Crippen molar-refractivity contribution in [2.75, 3.05) is 67.5 Å². The molecule has 0 aromatic carbocycles. The number of carbonyl (C=O) groups is 2. The normalized spacial score (nSPS) is 16.4. The Hall–Kier alpha value is -1.80. The molecule has 0 radical (unpaired) electrons. The number of rotatable bonds is 21. The summed E-state index contributed by atoms with van der Waals surface area (Å²) >= 11 is 0. The van der Waals surface area contributed by atoms with Crippen LogP contribution >= 0.6 is 0 Å². The van der Waals surface area contributed by atoms with E-state index < -0.39 is 85.4 Å². The molecule has 0 spiro atoms. The van der Waals surface area contributed by atoms with E-state index in [-0.39, 0.29) is 81.9 Å². The lowest BCUT2D eigenvalue weighted by Crippen LogP contribution is -3.00. The van der Waals surface area contributed by atoms with Crippen LogP contribution in [-0.4, -0.2) is 149 Å². The fourth-order valence-corrected chi connectivity index (χ4v) is 4.23. The number of hydrogen-bond acceptors (Lipinski definition) is 4. The summed E-state index contributed by atoms with van der Waals surface area (Å²) in [4.78, 5) is 23.5. The van der Waals surface area contributed by atoms with E-state index in [0.717, 1.165) is 10.6 Å². The number of amides is 2. The molecule has 0 rings (SSSR count). The fraction of sp³-hybridized carbons (Fsp3) is 0.923. The number of nitrogens with one attached hydrogen (secondary N) is 2. The smallest absolute Gasteiger partial charge is 0.462 e. The number of unbranched alkanes of at least 4 members (excludes halogenated alkanes) is 1. The SMILES string of the molecule is C[N+](C)(CCCC[N+](C)(C)CCCNC(=O)C(F)(OC(F)(F)C(F)(F)C(F)(F)F)C(F)(F)F)CCCNC(=O)C(F)(OC(F)(F)C(F)(F)C(F)(F)F)C(F)(F)F.[Br-].[Br-]. The highest BCUT2D eigenvalue weighted by Gasteiger charge is 2.81. The van der Waals surface area contributed by atoms with Gasteiger partial charge in [-0.15, -0.1) is 0 Å². The number of hydrogen-bond donors (Lipinski definition) is 2. The zero-order chi connectivity index (χ0) is 45.1. The molecule has 8 nitrogen and oxygen atoms in total. The first-order valence-corrected chi connectivity index (χ1v) is 15.1. The first-order chi connectivity index (χ1) is 24.4. The summed E-state index contributed by atoms with van der Waals surface area (Å²) in [5.74, 6) is -33.8. The van der Waals surface area contributed by atoms with Gasteiger partial charge in [0.2, 0.25) is 0 Å². The lowest BCUT2D eigenvalue weighted by atomic mass is 10.2. The molecule has 350 valence electrons. The van der Waals surface area contributed by atoms with Crippen LogP contribution in [0.4, 0.5) is 96.6 Å². The Morgan fingerprint density at radius 2 is 0.638 bits per heavy atom. The van der Waals surface area contributed by atoms with Gasteiger partial charge in [-0.2, -0.15) is 96.6 Å². The maximum atomic E-state index is 14.3. The highest BCUT2D eigenvalue weighted by atomic mass is 79.9. The Morgan fingerprint density at radius 3 is 0.845 bits per heavy atom. The van der Waals surface area contributed by atoms with Crippen LogP contribution in [0.2, 0.25) is 0 Å². The predicted molar refractivity (Wildman–Crippen MR) is 142 cm³/mol. The summed E-state index contributed by atoms with van der Waals surface area (Å²) in [7, 11) is 5.99. The van der Waals surface area contributed by atoms with Gasteiger partial charge in [0.25, 0.3) is 11.8 Å². The van der Waals surface area contributed by atoms with E-state index in [1.807, 2.05) is 0 Å². The minimum atomic E-state index is -7.36. The van der Waals surface area contributed by atoms with Gasteiger partial charge in [0, 0.05) is 38.8 Å². The van der Waals surface area contributed by atoms with E-state index in [2.05, 4.69) is 9.47 Å². The van der Waals surface area contributed by atoms with Crippen LogP contribution in [0.3, 0.4) is 0 Å². The second kappa shape index (κ2) is 19.9. The molecule has 0 aliphatic heterocycles. The number of alkyl halides is 22. The topological polar surface area (TPSA) is 76.7 Å². The van der Waals surface area contributed by atoms with Crippen LogP contribution in [0.25, 0.3) is 0 Å². The number of halogens is 24. The lowest BCUT2D eigenvalue weighted by molar-refractivity contribution is -0.896. The molecule has 0 aliphatic rings. The van der Waals surface area contributed by atoms with Gasteiger partial charge in [0.1, 0.15) is 0 Å². The van der Waals surface area contributed by atoms with Crippen LogP contribution < -0.4 is 44.6 Å². The summed E-state index contributed by atoms with van der Waals surface area (Å²) in [5.41, 5.74) is 0. The molecule has 2 N–H and O–H groups in total. The van der Waals surface area contributed by atoms with Gasteiger partial charge in [-0.1, -0.05) is 0 Å². The summed E-state index contributed by atoms with van der Waals surface area (Å²) in [6.07, 6.45) is -42.7. The van der Waals surface area contributed by atoms with Gasteiger partial charge >= 0.3 is 60.5 Å². The van der Waals surface area contributed by atoms with E-state index in [9.17, 15) is 106 Å². The van der Waals surface area contributed by atoms with Crippen LogP contribution in [0.5, 0.6) is 0 Å². The standard InChI is InChI=1S/C26H32F22N4O4.2BrH/c1-51(2,13-7-9-49-15(53)17(27,21(33,34)35)55-25(45,46)19(29,30)23(39,40)41)11-5-6-12-52(3,4)14-8-10-50-16(54)18(28,22(36,37)38)56-26(47,48)20(31,32)24(42,43)44;;/h5-14H2,1-4H3;2*1H. The Bertz CT molecular complexity index is 1230. The summed E-state index contributed by atoms with van der Waals surface area (Å²) in [5, 5.41) is 2.25. The van der Waals surface area contributed by atoms with Crippen molar-refractivity contribution in [1.29, 1.82) is 0 Å². The number of nitrogens with zero attached hydrogens (tertiary/aromatic N) is 2. The molecule has 2 unspecified atom stereocenters. The molecule has 32 heteroatoms. The molecular weight excluding hydrogens is 1010 g/mol. The van der Waals surface area contributed by atoms with Gasteiger partial charge in [-0.3, -0.25) is 19.1 Å². The Kier molecular flexibility index (Phi) is 20.8. The monoisotopic (exact) mass is 1040 g/mol. The zero-order valence-corrected chi connectivity index (χ0v) is 32.8. The minimum Gasteiger partial charge on any atom is -1.00 e. The Labute approximate surface area is 334 Å². The van der Waals surface area contributed by atoms with Crippen molar-refractivity contribution < 1.29 is 159 Å². The van der Waals surface area contributed by atoms with Crippen molar-refractivity contribution in [3.8, 4) is 0 Å². The van der Waals surface area contributed by atoms with Crippen molar-refractivity contribution in [3.63, 3.8) is 0 Å². The predicted octanol–water partition coefficient (Wildman–Crippen LogP) is 1.01. The van der Waals surface area contributed by atoms with Gasteiger partial charge in [0.05, 0.1) is 54.4 Å². The molecule has 0 aromatic heterocycles. The highest BCUT2D eigenvalue weighted by molar-refractivity contribution is 5.85. The summed E-state index contributed by atoms with van der Waals surface area (Å²) in [6, 6.07) is 0. The third-order valence-corrected chi connectivity index (χ3v) is 7.52. The summed E-state index contributed by atoms with van der Waals surface area (Å²) in [6.45, 7) is -1.65. The van der Waals surface area contributed by atoms with Gasteiger partial charge in [-0.05, 0) is 0 Å². The molecule has 0 aliphatic carbocycles. The van der Waals surface area contributed by atoms with Gasteiger partial charge < -0.3 is 53.6 Å². The van der Waals surface area contributed by atoms with Gasteiger partial charge in [-0.25, -0.2) is 0 Å². The fourth-order valence-electron chi connectivity index (χ4n) is 4.23. The van der Waals surface area contributed by atoms with E-state index in [0.29, 0.717) is 12.8 Å². The highest BCUT2D eigenvalue weighted by Crippen LogP contribution is 2.52. The number of ether oxygens (including phenoxy) is 2. The molecule has 0 fully saturated rings. The zero-order valence-electron chi connectivity index (χ0n) is 29.7. The van der Waals surface area contributed by atoms with E-state index in [4.69, 9.17) is 0 Å². The molecule has 2 atom stereocenters. The van der Waals surface area contributed by atoms with E-state index in [1.165, 1.54) is 28.2 Å². The van der Waals surface area contributed by atoms with Crippen molar-refractivity contribution in [2.24, 2.45) is 0 Å². The van der Waals surface area contributed by atoms with Crippen molar-refractivity contribution in [1.82, 2.24) is 10.6 Å². The quantitative estimate of drug-likeness (QED) is 0.103. The average Bonchev–Trinajstić information content (AvgIpc) is 2.96. The molecule has 0 saturated carbocycles. The van der Waals surface area contributed by atoms with Crippen LogP contribution in [0, 0.1) is 0 Å². The third kappa shape index (κ3) is 15.0. The van der Waals surface area contributed by atoms with Crippen LogP contribution in [0.1, 0.15) is 25.7 Å². The third-order valence-electron chi connectivity index (χ3n) is 7.52. The Balaban J connectivity index is -0.0000151. The maximum Gasteiger partial charge on any atom is 0.462 e. The van der Waals surface area contributed by atoms with Crippen molar-refractivity contribution >= 4 is 11.8 Å². The first-order valence-electron chi connectivity index (χ1n) is 15.1. The first kappa shape index (κ1) is 60.5. The number of carbonyl (C=O) groups excluding carboxylic acids is 2. The van der Waals surface area contributed by atoms with E-state index in [1.54, 1.807) is 0 Å². The lowest BCUT2D eigenvalue weighted by Gasteiger charge is -2.34. The van der Waals surface area contributed by atoms with Crippen LogP contribution in [0.15, 0.2) is 0 Å². The molecule has 0 saturated heterocycles. The second-order valence-corrected chi connectivity index (χ2v) is 13.3. The summed E-state index contributed by atoms with van der Waals surface area (Å²) < 4.78 is 290. The van der Waals surface area contributed by atoms with Crippen LogP contribution in [-0.2, 0) is 19.1 Å². The van der Waals surface area contributed by atoms with E-state index >= 15 is 0 Å².